The van der Waals surface area contributed by atoms with E-state index >= 15 is 0 Å². The molecule has 1 aliphatic heterocycles. The molecule has 1 aromatic rings. The minimum Gasteiger partial charge on any atom is -0.351 e. The van der Waals surface area contributed by atoms with Crippen LogP contribution in [0, 0.1) is 6.92 Å². The molecule has 1 N–H and O–H groups in total. The van der Waals surface area contributed by atoms with Crippen molar-refractivity contribution in [3.63, 3.8) is 0 Å². The van der Waals surface area contributed by atoms with Crippen LogP contribution in [-0.2, 0) is 0 Å². The standard InChI is InChI=1S/C13H22N4/c1-3-9-17(12-5-4-8-14-10-12)13-7-6-11(2)15-16-13/h6-7,12,14H,3-5,8-10H2,1-2H3. The zero-order valence-corrected chi connectivity index (χ0v) is 10.8. The number of rotatable bonds is 4. The van der Waals surface area contributed by atoms with Crippen molar-refractivity contribution in [3.05, 3.63) is 17.8 Å². The van der Waals surface area contributed by atoms with Gasteiger partial charge in [-0.05, 0) is 44.9 Å². The molecule has 17 heavy (non-hydrogen) atoms. The van der Waals surface area contributed by atoms with E-state index in [-0.39, 0.29) is 0 Å². The molecule has 2 heterocycles. The Bertz CT molecular complexity index is 330. The van der Waals surface area contributed by atoms with Gasteiger partial charge in [-0.3, -0.25) is 0 Å². The Morgan fingerprint density at radius 1 is 1.41 bits per heavy atom. The molecule has 1 aromatic heterocycles. The van der Waals surface area contributed by atoms with E-state index in [0.29, 0.717) is 6.04 Å². The van der Waals surface area contributed by atoms with E-state index in [2.05, 4.69) is 33.4 Å². The summed E-state index contributed by atoms with van der Waals surface area (Å²) in [6.07, 6.45) is 3.65. The van der Waals surface area contributed by atoms with Crippen LogP contribution >= 0.6 is 0 Å². The smallest absolute Gasteiger partial charge is 0.151 e. The largest absolute Gasteiger partial charge is 0.351 e. The number of aromatic nitrogens is 2. The summed E-state index contributed by atoms with van der Waals surface area (Å²) in [5.74, 6) is 1.02. The number of nitrogens with zero attached hydrogens (tertiary/aromatic N) is 3. The van der Waals surface area contributed by atoms with Gasteiger partial charge in [0.15, 0.2) is 5.82 Å². The third-order valence-corrected chi connectivity index (χ3v) is 3.25. The number of hydrogen-bond acceptors (Lipinski definition) is 4. The first-order valence-electron chi connectivity index (χ1n) is 6.59. The van der Waals surface area contributed by atoms with E-state index in [1.54, 1.807) is 0 Å². The molecule has 0 bridgehead atoms. The van der Waals surface area contributed by atoms with Crippen LogP contribution in [0.5, 0.6) is 0 Å². The molecule has 4 nitrogen and oxygen atoms in total. The molecule has 0 aromatic carbocycles. The second-order valence-electron chi connectivity index (χ2n) is 4.73. The van der Waals surface area contributed by atoms with Crippen LogP contribution < -0.4 is 10.2 Å². The highest BCUT2D eigenvalue weighted by Gasteiger charge is 2.21. The van der Waals surface area contributed by atoms with Crippen LogP contribution in [0.2, 0.25) is 0 Å². The van der Waals surface area contributed by atoms with Gasteiger partial charge in [-0.15, -0.1) is 5.10 Å². The zero-order valence-electron chi connectivity index (χ0n) is 10.8. The molecule has 4 heteroatoms. The molecule has 1 unspecified atom stereocenters. The van der Waals surface area contributed by atoms with Crippen molar-refractivity contribution in [1.82, 2.24) is 15.5 Å². The van der Waals surface area contributed by atoms with Crippen LogP contribution in [-0.4, -0.2) is 35.9 Å². The van der Waals surface area contributed by atoms with Gasteiger partial charge in [0.25, 0.3) is 0 Å². The first kappa shape index (κ1) is 12.3. The fourth-order valence-electron chi connectivity index (χ4n) is 2.37. The van der Waals surface area contributed by atoms with Crippen molar-refractivity contribution in [2.45, 2.75) is 39.2 Å². The van der Waals surface area contributed by atoms with Gasteiger partial charge in [-0.1, -0.05) is 6.92 Å². The van der Waals surface area contributed by atoms with E-state index in [1.165, 1.54) is 12.8 Å². The molecule has 1 fully saturated rings. The minimum atomic E-state index is 0.570. The summed E-state index contributed by atoms with van der Waals surface area (Å²) < 4.78 is 0. The fourth-order valence-corrected chi connectivity index (χ4v) is 2.37. The predicted octanol–water partition coefficient (Wildman–Crippen LogP) is 1.75. The summed E-state index contributed by atoms with van der Waals surface area (Å²) in [6, 6.07) is 4.70. The van der Waals surface area contributed by atoms with Crippen LogP contribution in [0.25, 0.3) is 0 Å². The summed E-state index contributed by atoms with van der Waals surface area (Å²) in [4.78, 5) is 2.40. The Morgan fingerprint density at radius 2 is 2.29 bits per heavy atom. The van der Waals surface area contributed by atoms with Crippen molar-refractivity contribution in [3.8, 4) is 0 Å². The van der Waals surface area contributed by atoms with Gasteiger partial charge < -0.3 is 10.2 Å². The maximum Gasteiger partial charge on any atom is 0.151 e. The molecular weight excluding hydrogens is 212 g/mol. The second-order valence-corrected chi connectivity index (χ2v) is 4.73. The van der Waals surface area contributed by atoms with Crippen molar-refractivity contribution < 1.29 is 0 Å². The third-order valence-electron chi connectivity index (χ3n) is 3.25. The monoisotopic (exact) mass is 234 g/mol. The van der Waals surface area contributed by atoms with Gasteiger partial charge >= 0.3 is 0 Å². The summed E-state index contributed by atoms with van der Waals surface area (Å²) >= 11 is 0. The van der Waals surface area contributed by atoms with E-state index in [9.17, 15) is 0 Å². The topological polar surface area (TPSA) is 41.1 Å². The summed E-state index contributed by atoms with van der Waals surface area (Å²) in [6.45, 7) is 7.46. The molecule has 0 aliphatic carbocycles. The molecule has 2 rings (SSSR count). The highest BCUT2D eigenvalue weighted by Crippen LogP contribution is 2.18. The summed E-state index contributed by atoms with van der Waals surface area (Å²) in [7, 11) is 0. The Balaban J connectivity index is 2.12. The summed E-state index contributed by atoms with van der Waals surface area (Å²) in [5, 5.41) is 12.0. The minimum absolute atomic E-state index is 0.570. The van der Waals surface area contributed by atoms with E-state index < -0.39 is 0 Å². The highest BCUT2D eigenvalue weighted by molar-refractivity contribution is 5.39. The fraction of sp³-hybridized carbons (Fsp3) is 0.692. The van der Waals surface area contributed by atoms with E-state index in [4.69, 9.17) is 0 Å². The van der Waals surface area contributed by atoms with E-state index in [0.717, 1.165) is 37.6 Å². The molecule has 0 saturated carbocycles. The lowest BCUT2D eigenvalue weighted by atomic mass is 10.1. The Kier molecular flexibility index (Phi) is 4.31. The molecule has 0 radical (unpaired) electrons. The van der Waals surface area contributed by atoms with Crippen LogP contribution in [0.15, 0.2) is 12.1 Å². The average Bonchev–Trinajstić information content (AvgIpc) is 2.38. The van der Waals surface area contributed by atoms with E-state index in [1.807, 2.05) is 13.0 Å². The van der Waals surface area contributed by atoms with Crippen molar-refractivity contribution in [2.75, 3.05) is 24.5 Å². The Morgan fingerprint density at radius 3 is 2.88 bits per heavy atom. The molecule has 1 atom stereocenters. The number of nitrogens with one attached hydrogen (secondary N) is 1. The normalized spacial score (nSPS) is 20.2. The second kappa shape index (κ2) is 5.96. The van der Waals surface area contributed by atoms with Crippen LogP contribution in [0.1, 0.15) is 31.9 Å². The third kappa shape index (κ3) is 3.16. The maximum absolute atomic E-state index is 4.32. The summed E-state index contributed by atoms with van der Waals surface area (Å²) in [5.41, 5.74) is 0.979. The lowest BCUT2D eigenvalue weighted by molar-refractivity contribution is 0.428. The van der Waals surface area contributed by atoms with Gasteiger partial charge in [0, 0.05) is 19.1 Å². The van der Waals surface area contributed by atoms with Crippen molar-refractivity contribution in [2.24, 2.45) is 0 Å². The molecule has 94 valence electrons. The Labute approximate surface area is 103 Å². The predicted molar refractivity (Wildman–Crippen MR) is 70.3 cm³/mol. The SMILES string of the molecule is CCCN(c1ccc(C)nn1)C1CCCNC1. The first-order valence-corrected chi connectivity index (χ1v) is 6.59. The highest BCUT2D eigenvalue weighted by atomic mass is 15.3. The molecular formula is C13H22N4. The quantitative estimate of drug-likeness (QED) is 0.862. The first-order chi connectivity index (χ1) is 8.31. The lowest BCUT2D eigenvalue weighted by Crippen LogP contribution is -2.46. The van der Waals surface area contributed by atoms with Crippen LogP contribution in [0.3, 0.4) is 0 Å². The number of aryl methyl sites for hydroxylation is 1. The van der Waals surface area contributed by atoms with Gasteiger partial charge in [0.1, 0.15) is 0 Å². The number of piperidine rings is 1. The van der Waals surface area contributed by atoms with Gasteiger partial charge in [0.2, 0.25) is 0 Å². The van der Waals surface area contributed by atoms with Gasteiger partial charge in [-0.2, -0.15) is 5.10 Å². The van der Waals surface area contributed by atoms with Crippen LogP contribution in [0.4, 0.5) is 5.82 Å². The zero-order chi connectivity index (χ0) is 12.1. The Hall–Kier alpha value is -1.16. The maximum atomic E-state index is 4.32. The lowest BCUT2D eigenvalue weighted by Gasteiger charge is -2.35. The molecule has 0 spiro atoms. The number of hydrogen-bond donors (Lipinski definition) is 1. The van der Waals surface area contributed by atoms with Gasteiger partial charge in [-0.25, -0.2) is 0 Å². The van der Waals surface area contributed by atoms with Crippen molar-refractivity contribution in [1.29, 1.82) is 0 Å². The molecule has 1 saturated heterocycles. The number of anilines is 1. The van der Waals surface area contributed by atoms with Gasteiger partial charge in [0.05, 0.1) is 5.69 Å². The average molecular weight is 234 g/mol. The van der Waals surface area contributed by atoms with Crippen molar-refractivity contribution >= 4 is 5.82 Å². The molecule has 1 aliphatic rings. The molecule has 0 amide bonds.